The molecule has 0 radical (unpaired) electrons. The number of ether oxygens (including phenoxy) is 2. The van der Waals surface area contributed by atoms with E-state index in [1.165, 1.54) is 11.9 Å². The van der Waals surface area contributed by atoms with E-state index in [-0.39, 0.29) is 17.4 Å². The van der Waals surface area contributed by atoms with Gasteiger partial charge in [0.1, 0.15) is 17.8 Å². The average molecular weight is 370 g/mol. The summed E-state index contributed by atoms with van der Waals surface area (Å²) in [7, 11) is 0. The van der Waals surface area contributed by atoms with Crippen LogP contribution in [0.2, 0.25) is 5.02 Å². The van der Waals surface area contributed by atoms with E-state index in [0.717, 1.165) is 17.5 Å². The molecule has 26 heavy (non-hydrogen) atoms. The number of aromatic nitrogens is 2. The van der Waals surface area contributed by atoms with Crippen LogP contribution in [-0.2, 0) is 6.42 Å². The van der Waals surface area contributed by atoms with Crippen LogP contribution in [0.1, 0.15) is 23.6 Å². The van der Waals surface area contributed by atoms with Crippen molar-refractivity contribution in [1.29, 1.82) is 0 Å². The summed E-state index contributed by atoms with van der Waals surface area (Å²) in [5, 5.41) is 0.715. The molecular formula is C20H20ClN3O2. The average Bonchev–Trinajstić information content (AvgIpc) is 2.63. The lowest BCUT2D eigenvalue weighted by Gasteiger charge is -2.12. The van der Waals surface area contributed by atoms with Gasteiger partial charge in [-0.05, 0) is 61.2 Å². The summed E-state index contributed by atoms with van der Waals surface area (Å²) in [6.07, 6.45) is 2.32. The number of benzene rings is 2. The summed E-state index contributed by atoms with van der Waals surface area (Å²) in [6.45, 7) is 5.93. The Morgan fingerprint density at radius 3 is 2.00 bits per heavy atom. The Morgan fingerprint density at radius 1 is 0.923 bits per heavy atom. The van der Waals surface area contributed by atoms with Crippen LogP contribution in [0.5, 0.6) is 23.3 Å². The van der Waals surface area contributed by atoms with Crippen LogP contribution in [0.3, 0.4) is 0 Å². The standard InChI is InChI=1S/C20H20ClN3O2/c1-4-14-5-7-15(8-6-14)25-19-18(22)20(24-11-23-19)26-16-9-12(2)17(21)13(3)10-16/h5-11H,4,22H2,1-3H3. The molecule has 0 aliphatic carbocycles. The molecule has 2 N–H and O–H groups in total. The number of aryl methyl sites for hydroxylation is 3. The summed E-state index contributed by atoms with van der Waals surface area (Å²) in [4.78, 5) is 8.22. The Bertz CT molecular complexity index is 904. The molecule has 1 aromatic heterocycles. The topological polar surface area (TPSA) is 70.3 Å². The van der Waals surface area contributed by atoms with Gasteiger partial charge in [0.15, 0.2) is 5.69 Å². The lowest BCUT2D eigenvalue weighted by molar-refractivity contribution is 0.438. The number of hydrogen-bond acceptors (Lipinski definition) is 5. The highest BCUT2D eigenvalue weighted by Crippen LogP contribution is 2.35. The van der Waals surface area contributed by atoms with Crippen molar-refractivity contribution < 1.29 is 9.47 Å². The first kappa shape index (κ1) is 18.0. The maximum Gasteiger partial charge on any atom is 0.249 e. The minimum Gasteiger partial charge on any atom is -0.437 e. The van der Waals surface area contributed by atoms with E-state index in [1.54, 1.807) is 0 Å². The van der Waals surface area contributed by atoms with E-state index in [2.05, 4.69) is 16.9 Å². The number of nitrogen functional groups attached to an aromatic ring is 1. The second-order valence-electron chi connectivity index (χ2n) is 5.97. The van der Waals surface area contributed by atoms with Gasteiger partial charge in [-0.25, -0.2) is 0 Å². The third kappa shape index (κ3) is 3.89. The maximum atomic E-state index is 6.20. The normalized spacial score (nSPS) is 10.6. The minimum absolute atomic E-state index is 0.234. The second-order valence-corrected chi connectivity index (χ2v) is 6.35. The third-order valence-electron chi connectivity index (χ3n) is 3.98. The van der Waals surface area contributed by atoms with Crippen LogP contribution < -0.4 is 15.2 Å². The van der Waals surface area contributed by atoms with Crippen molar-refractivity contribution in [3.05, 3.63) is 64.4 Å². The zero-order valence-electron chi connectivity index (χ0n) is 14.9. The van der Waals surface area contributed by atoms with Gasteiger partial charge in [0.05, 0.1) is 0 Å². The zero-order chi connectivity index (χ0) is 18.7. The molecule has 0 aliphatic rings. The molecule has 2 aromatic carbocycles. The summed E-state index contributed by atoms with van der Waals surface area (Å²) in [6, 6.07) is 11.4. The first-order chi connectivity index (χ1) is 12.5. The Morgan fingerprint density at radius 2 is 1.46 bits per heavy atom. The van der Waals surface area contributed by atoms with Gasteiger partial charge in [0.25, 0.3) is 0 Å². The van der Waals surface area contributed by atoms with Crippen molar-refractivity contribution in [3.8, 4) is 23.3 Å². The molecule has 0 bridgehead atoms. The number of anilines is 1. The van der Waals surface area contributed by atoms with Crippen LogP contribution >= 0.6 is 11.6 Å². The molecule has 134 valence electrons. The van der Waals surface area contributed by atoms with Crippen LogP contribution in [-0.4, -0.2) is 9.97 Å². The molecule has 0 aliphatic heterocycles. The van der Waals surface area contributed by atoms with Crippen LogP contribution in [0.15, 0.2) is 42.7 Å². The number of rotatable bonds is 5. The fourth-order valence-electron chi connectivity index (χ4n) is 2.51. The molecule has 0 unspecified atom stereocenters. The van der Waals surface area contributed by atoms with Crippen molar-refractivity contribution in [2.75, 3.05) is 5.73 Å². The fraction of sp³-hybridized carbons (Fsp3) is 0.200. The summed E-state index contributed by atoms with van der Waals surface area (Å²) < 4.78 is 11.6. The van der Waals surface area contributed by atoms with E-state index in [9.17, 15) is 0 Å². The third-order valence-corrected chi connectivity index (χ3v) is 4.58. The number of halogens is 1. The van der Waals surface area contributed by atoms with Crippen molar-refractivity contribution in [1.82, 2.24) is 9.97 Å². The van der Waals surface area contributed by atoms with Gasteiger partial charge >= 0.3 is 0 Å². The molecule has 0 fully saturated rings. The molecule has 6 heteroatoms. The molecule has 3 aromatic rings. The Labute approximate surface area is 157 Å². The minimum atomic E-state index is 0.234. The number of hydrogen-bond donors (Lipinski definition) is 1. The van der Waals surface area contributed by atoms with Crippen LogP contribution in [0.25, 0.3) is 0 Å². The Kier molecular flexibility index (Phi) is 5.28. The van der Waals surface area contributed by atoms with Gasteiger partial charge in [0.2, 0.25) is 11.8 Å². The fourth-order valence-corrected chi connectivity index (χ4v) is 2.62. The van der Waals surface area contributed by atoms with Gasteiger partial charge in [-0.2, -0.15) is 9.97 Å². The highest BCUT2D eigenvalue weighted by atomic mass is 35.5. The maximum absolute atomic E-state index is 6.20. The number of nitrogens with two attached hydrogens (primary N) is 1. The first-order valence-corrected chi connectivity index (χ1v) is 8.67. The molecule has 0 saturated carbocycles. The van der Waals surface area contributed by atoms with E-state index in [1.807, 2.05) is 50.2 Å². The van der Waals surface area contributed by atoms with E-state index >= 15 is 0 Å². The van der Waals surface area contributed by atoms with Crippen molar-refractivity contribution in [2.45, 2.75) is 27.2 Å². The molecule has 0 atom stereocenters. The van der Waals surface area contributed by atoms with Gasteiger partial charge in [-0.15, -0.1) is 0 Å². The molecule has 1 heterocycles. The molecule has 0 amide bonds. The molecule has 0 saturated heterocycles. The SMILES string of the molecule is CCc1ccc(Oc2ncnc(Oc3cc(C)c(Cl)c(C)c3)c2N)cc1. The molecule has 0 spiro atoms. The Balaban J connectivity index is 1.84. The lowest BCUT2D eigenvalue weighted by atomic mass is 10.1. The van der Waals surface area contributed by atoms with Crippen LogP contribution in [0.4, 0.5) is 5.69 Å². The van der Waals surface area contributed by atoms with Crippen molar-refractivity contribution in [2.24, 2.45) is 0 Å². The first-order valence-electron chi connectivity index (χ1n) is 8.29. The largest absolute Gasteiger partial charge is 0.437 e. The summed E-state index contributed by atoms with van der Waals surface area (Å²) in [5.74, 6) is 1.74. The zero-order valence-corrected chi connectivity index (χ0v) is 15.7. The summed E-state index contributed by atoms with van der Waals surface area (Å²) in [5.41, 5.74) is 9.44. The lowest BCUT2D eigenvalue weighted by Crippen LogP contribution is -2.01. The smallest absolute Gasteiger partial charge is 0.249 e. The van der Waals surface area contributed by atoms with Gasteiger partial charge in [-0.3, -0.25) is 0 Å². The predicted molar refractivity (Wildman–Crippen MR) is 103 cm³/mol. The van der Waals surface area contributed by atoms with Crippen LogP contribution in [0, 0.1) is 13.8 Å². The van der Waals surface area contributed by atoms with Gasteiger partial charge < -0.3 is 15.2 Å². The highest BCUT2D eigenvalue weighted by Gasteiger charge is 2.13. The monoisotopic (exact) mass is 369 g/mol. The molecule has 5 nitrogen and oxygen atoms in total. The van der Waals surface area contributed by atoms with Crippen molar-refractivity contribution in [3.63, 3.8) is 0 Å². The van der Waals surface area contributed by atoms with E-state index < -0.39 is 0 Å². The highest BCUT2D eigenvalue weighted by molar-refractivity contribution is 6.32. The van der Waals surface area contributed by atoms with E-state index in [0.29, 0.717) is 16.5 Å². The van der Waals surface area contributed by atoms with Gasteiger partial charge in [0, 0.05) is 5.02 Å². The number of nitrogens with zero attached hydrogens (tertiary/aromatic N) is 2. The summed E-state index contributed by atoms with van der Waals surface area (Å²) >= 11 is 6.20. The van der Waals surface area contributed by atoms with Crippen molar-refractivity contribution >= 4 is 17.3 Å². The quantitative estimate of drug-likeness (QED) is 0.645. The predicted octanol–water partition coefficient (Wildman–Crippen LogP) is 5.48. The Hall–Kier alpha value is -2.79. The molecular weight excluding hydrogens is 350 g/mol. The molecule has 3 rings (SSSR count). The second kappa shape index (κ2) is 7.62. The van der Waals surface area contributed by atoms with E-state index in [4.69, 9.17) is 26.8 Å². The van der Waals surface area contributed by atoms with Gasteiger partial charge in [-0.1, -0.05) is 30.7 Å².